The molecule has 0 unspecified atom stereocenters. The number of imidazole rings is 1. The molecule has 0 spiro atoms. The summed E-state index contributed by atoms with van der Waals surface area (Å²) in [7, 11) is -3.68. The van der Waals surface area contributed by atoms with Crippen LogP contribution < -0.4 is 5.32 Å². The lowest BCUT2D eigenvalue weighted by Crippen LogP contribution is -2.38. The highest BCUT2D eigenvalue weighted by atomic mass is 35.5. The molecule has 3 aromatic rings. The summed E-state index contributed by atoms with van der Waals surface area (Å²) in [6.45, 7) is 1.60. The molecule has 3 rings (SSSR count). The van der Waals surface area contributed by atoms with E-state index in [1.54, 1.807) is 43.3 Å². The predicted molar refractivity (Wildman–Crippen MR) is 115 cm³/mol. The third-order valence-electron chi connectivity index (χ3n) is 4.28. The molecular weight excluding hydrogens is 451 g/mol. The maximum Gasteiger partial charge on any atom is 0.275 e. The van der Waals surface area contributed by atoms with Gasteiger partial charge in [-0.05, 0) is 31.2 Å². The fourth-order valence-corrected chi connectivity index (χ4v) is 4.14. The Hall–Kier alpha value is -2.62. The molecule has 11 heteroatoms. The van der Waals surface area contributed by atoms with Gasteiger partial charge in [0.1, 0.15) is 6.54 Å². The smallest absolute Gasteiger partial charge is 0.275 e. The topological polar surface area (TPSA) is 101 Å². The van der Waals surface area contributed by atoms with E-state index in [0.29, 0.717) is 5.52 Å². The van der Waals surface area contributed by atoms with Crippen LogP contribution in [0.4, 0.5) is 5.69 Å². The lowest BCUT2D eigenvalue weighted by Gasteiger charge is -2.20. The summed E-state index contributed by atoms with van der Waals surface area (Å²) in [6.07, 6.45) is 2.53. The summed E-state index contributed by atoms with van der Waals surface area (Å²) >= 11 is 12.1. The number of amides is 2. The molecule has 2 aromatic heterocycles. The largest absolute Gasteiger partial charge is 0.328 e. The van der Waals surface area contributed by atoms with E-state index in [4.69, 9.17) is 23.2 Å². The number of hydrogen-bond donors (Lipinski definition) is 1. The first-order valence-corrected chi connectivity index (χ1v) is 11.5. The number of nitrogens with zero attached hydrogens (tertiary/aromatic N) is 3. The maximum atomic E-state index is 13.1. The number of benzene rings is 1. The second-order valence-electron chi connectivity index (χ2n) is 6.44. The number of rotatable bonds is 6. The monoisotopic (exact) mass is 468 g/mol. The number of nitrogens with one attached hydrogen (secondary N) is 1. The molecule has 0 saturated carbocycles. The van der Waals surface area contributed by atoms with Crippen LogP contribution >= 0.6 is 23.2 Å². The summed E-state index contributed by atoms with van der Waals surface area (Å²) < 4.78 is 25.5. The number of aromatic nitrogens is 2. The Balaban J connectivity index is 1.89. The minimum absolute atomic E-state index is 0.0542. The van der Waals surface area contributed by atoms with Crippen molar-refractivity contribution in [2.24, 2.45) is 0 Å². The second-order valence-corrected chi connectivity index (χ2v) is 9.16. The normalized spacial score (nSPS) is 11.5. The van der Waals surface area contributed by atoms with Gasteiger partial charge in [0.25, 0.3) is 5.91 Å². The highest BCUT2D eigenvalue weighted by molar-refractivity contribution is 7.90. The molecule has 0 bridgehead atoms. The molecule has 0 saturated heterocycles. The molecule has 1 N–H and O–H groups in total. The fraction of sp³-hybridized carbons (Fsp3) is 0.211. The quantitative estimate of drug-likeness (QED) is 0.598. The zero-order valence-corrected chi connectivity index (χ0v) is 18.4. The molecule has 30 heavy (non-hydrogen) atoms. The van der Waals surface area contributed by atoms with Crippen molar-refractivity contribution in [3.63, 3.8) is 0 Å². The van der Waals surface area contributed by atoms with Gasteiger partial charge in [0, 0.05) is 19.0 Å². The van der Waals surface area contributed by atoms with E-state index in [9.17, 15) is 18.0 Å². The van der Waals surface area contributed by atoms with Crippen molar-refractivity contribution in [3.8, 4) is 0 Å². The third kappa shape index (κ3) is 4.43. The molecular formula is C19H18Cl2N4O4S. The average molecular weight is 469 g/mol. The van der Waals surface area contributed by atoms with Crippen LogP contribution in [-0.2, 0) is 14.6 Å². The zero-order valence-electron chi connectivity index (χ0n) is 16.1. The Bertz CT molecular complexity index is 1220. The van der Waals surface area contributed by atoms with Crippen LogP contribution in [0.15, 0.2) is 47.8 Å². The Morgan fingerprint density at radius 2 is 1.80 bits per heavy atom. The molecule has 1 aromatic carbocycles. The van der Waals surface area contributed by atoms with Crippen molar-refractivity contribution in [1.82, 2.24) is 14.3 Å². The molecule has 8 nitrogen and oxygen atoms in total. The van der Waals surface area contributed by atoms with E-state index in [1.807, 2.05) is 0 Å². The summed E-state index contributed by atoms with van der Waals surface area (Å²) in [4.78, 5) is 30.9. The van der Waals surface area contributed by atoms with Gasteiger partial charge in [0.2, 0.25) is 20.9 Å². The Labute approximate surface area is 183 Å². The molecule has 0 atom stereocenters. The molecule has 0 aliphatic carbocycles. The van der Waals surface area contributed by atoms with E-state index < -0.39 is 21.7 Å². The van der Waals surface area contributed by atoms with Gasteiger partial charge in [-0.1, -0.05) is 35.3 Å². The summed E-state index contributed by atoms with van der Waals surface area (Å²) in [5.74, 6) is -1.08. The van der Waals surface area contributed by atoms with E-state index in [-0.39, 0.29) is 39.7 Å². The summed E-state index contributed by atoms with van der Waals surface area (Å²) in [6, 6.07) is 9.70. The van der Waals surface area contributed by atoms with E-state index in [1.165, 1.54) is 15.5 Å². The number of hydrogen-bond acceptors (Lipinski definition) is 5. The van der Waals surface area contributed by atoms with Crippen molar-refractivity contribution in [2.75, 3.05) is 24.7 Å². The lowest BCUT2D eigenvalue weighted by atomic mass is 10.2. The van der Waals surface area contributed by atoms with Gasteiger partial charge < -0.3 is 10.2 Å². The standard InChI is InChI=1S/C19H18Cl2N4O4S/c1-3-24(11-15(26)22-16-12(20)7-6-8-13(16)21)18(27)17-14-9-4-5-10-25(14)19(23-17)30(2,28)29/h4-10H,3,11H2,1-2H3,(H,22,26). The van der Waals surface area contributed by atoms with Crippen LogP contribution in [-0.4, -0.2) is 53.9 Å². The van der Waals surface area contributed by atoms with Crippen LogP contribution in [0.2, 0.25) is 10.0 Å². The minimum atomic E-state index is -3.68. The molecule has 0 radical (unpaired) electrons. The molecule has 2 amide bonds. The third-order valence-corrected chi connectivity index (χ3v) is 5.86. The first-order chi connectivity index (χ1) is 14.1. The van der Waals surface area contributed by atoms with Gasteiger partial charge in [-0.25, -0.2) is 13.4 Å². The Kier molecular flexibility index (Phi) is 6.35. The van der Waals surface area contributed by atoms with Crippen molar-refractivity contribution < 1.29 is 18.0 Å². The van der Waals surface area contributed by atoms with Crippen molar-refractivity contribution >= 4 is 56.1 Å². The molecule has 2 heterocycles. The van der Waals surface area contributed by atoms with Crippen LogP contribution in [0.3, 0.4) is 0 Å². The zero-order chi connectivity index (χ0) is 22.1. The van der Waals surface area contributed by atoms with E-state index in [0.717, 1.165) is 6.26 Å². The summed E-state index contributed by atoms with van der Waals surface area (Å²) in [5.41, 5.74) is 0.526. The van der Waals surface area contributed by atoms with Crippen LogP contribution in [0.5, 0.6) is 0 Å². The first-order valence-electron chi connectivity index (χ1n) is 8.83. The molecule has 158 valence electrons. The van der Waals surface area contributed by atoms with Crippen LogP contribution in [0.25, 0.3) is 5.52 Å². The van der Waals surface area contributed by atoms with Gasteiger partial charge in [0.15, 0.2) is 5.69 Å². The number of halogens is 2. The van der Waals surface area contributed by atoms with Gasteiger partial charge in [-0.15, -0.1) is 0 Å². The van der Waals surface area contributed by atoms with E-state index >= 15 is 0 Å². The van der Waals surface area contributed by atoms with Crippen LogP contribution in [0.1, 0.15) is 17.4 Å². The number of carbonyl (C=O) groups is 2. The SMILES string of the molecule is CCN(CC(=O)Nc1c(Cl)cccc1Cl)C(=O)c1nc(S(C)(=O)=O)n2ccccc12. The molecule has 0 aliphatic rings. The van der Waals surface area contributed by atoms with E-state index in [2.05, 4.69) is 10.3 Å². The summed E-state index contributed by atoms with van der Waals surface area (Å²) in [5, 5.41) is 2.89. The van der Waals surface area contributed by atoms with Crippen molar-refractivity contribution in [3.05, 3.63) is 58.3 Å². The highest BCUT2D eigenvalue weighted by Gasteiger charge is 2.26. The van der Waals surface area contributed by atoms with Gasteiger partial charge in [0.05, 0.1) is 21.2 Å². The first kappa shape index (κ1) is 22.1. The van der Waals surface area contributed by atoms with Gasteiger partial charge >= 0.3 is 0 Å². The number of fused-ring (bicyclic) bond motifs is 1. The maximum absolute atomic E-state index is 13.1. The molecule has 0 aliphatic heterocycles. The fourth-order valence-electron chi connectivity index (χ4n) is 2.88. The Morgan fingerprint density at radius 1 is 1.13 bits per heavy atom. The number of likely N-dealkylation sites (N-methyl/N-ethyl adjacent to an activating group) is 1. The lowest BCUT2D eigenvalue weighted by molar-refractivity contribution is -0.116. The number of anilines is 1. The Morgan fingerprint density at radius 3 is 2.40 bits per heavy atom. The predicted octanol–water partition coefficient (Wildman–Crippen LogP) is 3.15. The highest BCUT2D eigenvalue weighted by Crippen LogP contribution is 2.29. The number of pyridine rings is 1. The average Bonchev–Trinajstić information content (AvgIpc) is 3.09. The van der Waals surface area contributed by atoms with Gasteiger partial charge in [-0.3, -0.25) is 14.0 Å². The second kappa shape index (κ2) is 8.63. The van der Waals surface area contributed by atoms with Crippen molar-refractivity contribution in [2.45, 2.75) is 12.1 Å². The number of sulfone groups is 1. The van der Waals surface area contributed by atoms with Crippen molar-refractivity contribution in [1.29, 1.82) is 0 Å². The minimum Gasteiger partial charge on any atom is -0.328 e. The molecule has 0 fully saturated rings. The number of para-hydroxylation sites is 1. The van der Waals surface area contributed by atoms with Gasteiger partial charge in [-0.2, -0.15) is 0 Å². The van der Waals surface area contributed by atoms with Crippen LogP contribution in [0, 0.1) is 0 Å². The number of carbonyl (C=O) groups excluding carboxylic acids is 2.